The van der Waals surface area contributed by atoms with E-state index in [4.69, 9.17) is 104 Å². The van der Waals surface area contributed by atoms with Gasteiger partial charge in [-0.3, -0.25) is 0 Å². The van der Waals surface area contributed by atoms with Crippen molar-refractivity contribution in [1.82, 2.24) is 0 Å². The average Bonchev–Trinajstić information content (AvgIpc) is 1.62. The van der Waals surface area contributed by atoms with Crippen molar-refractivity contribution in [2.75, 3.05) is 79.3 Å². The number of ether oxygens (including phenoxy) is 22. The minimum atomic E-state index is -0.945. The van der Waals surface area contributed by atoms with Crippen LogP contribution in [0.5, 0.6) is 34.5 Å². The predicted octanol–water partition coefficient (Wildman–Crippen LogP) is 15.8. The Morgan fingerprint density at radius 3 is 0.761 bits per heavy atom. The van der Waals surface area contributed by atoms with Gasteiger partial charge in [-0.1, -0.05) is 124 Å². The molecule has 0 aromatic heterocycles. The van der Waals surface area contributed by atoms with Crippen molar-refractivity contribution in [1.29, 1.82) is 0 Å². The third-order valence-electron chi connectivity index (χ3n) is 22.1. The molecule has 0 spiro atoms. The Labute approximate surface area is 819 Å². The maximum Gasteiger partial charge on any atom is 0.513 e. The zero-order valence-electron chi connectivity index (χ0n) is 78.6. The molecule has 6 aliphatic rings. The SMILES string of the molecule is C=CC(=O)OCCCCOC(=O)Oc1ccc(C(=O)Oc2ccc(C(=O)O[C@H]3CO[C@H]4[C@@H]3OC[C@H]4OC(=O)c3ccc(OC(=O)c4ccc(OC(=O)OCCCCOC(=O)C=C)cc4)cc3)cc2)cc1.CCCCOc1ccc(/C=C/C(=O)O[C@@H]2CO[C@H]3[C@@H]2OC[C@@H]3OC(=O)/C=C/c2ccc(C)cc2)cc1.CCCCOc1ccc(/C=C/C(=O)O[C@@H]2CO[C@H]3[C@@H]2OC[C@H]3OC(=O)/C=C/c2ccc(C)cc2)cc1. The largest absolute Gasteiger partial charge is 0.513 e. The summed E-state index contributed by atoms with van der Waals surface area (Å²) in [6, 6.07) is 53.1. The molecule has 0 bridgehead atoms. The highest BCUT2D eigenvalue weighted by atomic mass is 16.7. The number of hydrogen-bond donors (Lipinski definition) is 0. The molecule has 6 aliphatic heterocycles. The average molecular weight is 1950 g/mol. The molecule has 8 aromatic carbocycles. The first-order chi connectivity index (χ1) is 68.9. The lowest BCUT2D eigenvalue weighted by molar-refractivity contribution is -0.150. The summed E-state index contributed by atoms with van der Waals surface area (Å²) < 4.78 is 120. The van der Waals surface area contributed by atoms with E-state index in [1.807, 2.05) is 111 Å². The summed E-state index contributed by atoms with van der Waals surface area (Å²) in [4.78, 5) is 147. The van der Waals surface area contributed by atoms with Crippen LogP contribution in [0.25, 0.3) is 24.3 Å². The third-order valence-corrected chi connectivity index (χ3v) is 22.1. The summed E-state index contributed by atoms with van der Waals surface area (Å²) in [6.07, 6.45) is 11.4. The number of esters is 10. The van der Waals surface area contributed by atoms with Crippen molar-refractivity contribution in [2.45, 2.75) is 152 Å². The molecule has 0 N–H and O–H groups in total. The van der Waals surface area contributed by atoms with Gasteiger partial charge in [0.25, 0.3) is 0 Å². The van der Waals surface area contributed by atoms with E-state index in [0.717, 1.165) is 82.7 Å². The second-order valence-electron chi connectivity index (χ2n) is 32.7. The zero-order chi connectivity index (χ0) is 100. The maximum atomic E-state index is 13.1. The molecule has 0 saturated carbocycles. The fourth-order valence-corrected chi connectivity index (χ4v) is 14.5. The van der Waals surface area contributed by atoms with Gasteiger partial charge in [0.1, 0.15) is 71.1 Å². The fourth-order valence-electron chi connectivity index (χ4n) is 14.5. The molecule has 12 atom stereocenters. The lowest BCUT2D eigenvalue weighted by atomic mass is 10.1. The van der Waals surface area contributed by atoms with Crippen LogP contribution in [0.2, 0.25) is 0 Å². The predicted molar refractivity (Wildman–Crippen MR) is 509 cm³/mol. The van der Waals surface area contributed by atoms with Gasteiger partial charge in [-0.25, -0.2) is 57.5 Å². The molecule has 142 heavy (non-hydrogen) atoms. The van der Waals surface area contributed by atoms with Crippen LogP contribution in [0.1, 0.15) is 140 Å². The van der Waals surface area contributed by atoms with Crippen molar-refractivity contribution in [3.05, 3.63) is 299 Å². The molecule has 14 rings (SSSR count). The van der Waals surface area contributed by atoms with E-state index < -0.39 is 145 Å². The number of carbonyl (C=O) groups is 12. The highest BCUT2D eigenvalue weighted by Gasteiger charge is 2.54. The summed E-state index contributed by atoms with van der Waals surface area (Å²) in [5.74, 6) is -3.67. The molecule has 0 radical (unpaired) electrons. The number of carbonyl (C=O) groups excluding carboxylic acids is 12. The van der Waals surface area contributed by atoms with E-state index in [1.165, 1.54) is 121 Å². The molecule has 6 saturated heterocycles. The first-order valence-corrected chi connectivity index (χ1v) is 46.3. The molecule has 6 fully saturated rings. The van der Waals surface area contributed by atoms with E-state index in [0.29, 0.717) is 38.9 Å². The van der Waals surface area contributed by atoms with Gasteiger partial charge < -0.3 is 104 Å². The topological polar surface area (TPSA) is 408 Å². The van der Waals surface area contributed by atoms with Crippen molar-refractivity contribution in [2.24, 2.45) is 0 Å². The quantitative estimate of drug-likeness (QED) is 0.00856. The van der Waals surface area contributed by atoms with Gasteiger partial charge in [0.2, 0.25) is 0 Å². The Morgan fingerprint density at radius 1 is 0.268 bits per heavy atom. The Bertz CT molecular complexity index is 5340. The molecule has 746 valence electrons. The number of unbranched alkanes of at least 4 members (excludes halogenated alkanes) is 4. The molecule has 0 unspecified atom stereocenters. The zero-order valence-corrected chi connectivity index (χ0v) is 78.6. The highest BCUT2D eigenvalue weighted by Crippen LogP contribution is 2.36. The van der Waals surface area contributed by atoms with Gasteiger partial charge in [0.15, 0.2) is 36.6 Å². The van der Waals surface area contributed by atoms with Gasteiger partial charge in [-0.05, 0) is 220 Å². The molecule has 34 heteroatoms. The lowest BCUT2D eigenvalue weighted by Crippen LogP contribution is -2.36. The van der Waals surface area contributed by atoms with Crippen molar-refractivity contribution < 1.29 is 162 Å². The number of fused-ring (bicyclic) bond motifs is 3. The van der Waals surface area contributed by atoms with Gasteiger partial charge in [-0.2, -0.15) is 0 Å². The second kappa shape index (κ2) is 55.0. The van der Waals surface area contributed by atoms with Crippen molar-refractivity contribution >= 4 is 96.3 Å². The van der Waals surface area contributed by atoms with Crippen LogP contribution in [0.3, 0.4) is 0 Å². The summed E-state index contributed by atoms with van der Waals surface area (Å²) >= 11 is 0. The Kier molecular flexibility index (Phi) is 40.9. The smallest absolute Gasteiger partial charge is 0.494 e. The van der Waals surface area contributed by atoms with Crippen LogP contribution in [0.4, 0.5) is 9.59 Å². The van der Waals surface area contributed by atoms with Crippen LogP contribution in [0, 0.1) is 13.8 Å². The molecule has 0 aliphatic carbocycles. The second-order valence-corrected chi connectivity index (χ2v) is 32.7. The van der Waals surface area contributed by atoms with Crippen molar-refractivity contribution in [3.8, 4) is 34.5 Å². The van der Waals surface area contributed by atoms with E-state index >= 15 is 0 Å². The van der Waals surface area contributed by atoms with E-state index in [9.17, 15) is 57.5 Å². The van der Waals surface area contributed by atoms with E-state index in [2.05, 4.69) is 27.0 Å². The summed E-state index contributed by atoms with van der Waals surface area (Å²) in [7, 11) is 0. The van der Waals surface area contributed by atoms with E-state index in [-0.39, 0.29) is 111 Å². The standard InChI is InChI=1S/C50H46O20.2C29H32O7/c1-3-41(51)59-25-5-7-27-61-49(57)67-37-21-13-31(14-22-37)45(53)65-35-17-9-33(10-18-35)47(55)69-39-29-63-44-40(30-64-43(39)44)70-48(56)34-11-19-36(20-12-34)66-46(54)32-15-23-38(24-16-32)68-50(58)62-28-8-6-26-60-42(52)4-2;2*1-3-4-17-32-23-13-9-22(10-14-23)12-16-27(31)36-25-19-34-28-24(18-33-29(25)28)35-26(30)15-11-21-7-5-20(2)6-8-21/h3-4,9-24,39-40,43-44H,1-2,5-8,25-30H2;2*5-16,24-25,28-29H,3-4,17-19H2,1-2H3/b;2*15-11+,16-12+/t39-,40+,43-,44-;24-,25+,28+,29+;24-,25-,28-,29-/m101/s1. The van der Waals surface area contributed by atoms with Crippen LogP contribution in [-0.4, -0.2) is 225 Å². The monoisotopic (exact) mass is 1950 g/mol. The van der Waals surface area contributed by atoms with Crippen LogP contribution in [-0.2, 0) is 105 Å². The summed E-state index contributed by atoms with van der Waals surface area (Å²) in [6.45, 7) is 17.4. The minimum Gasteiger partial charge on any atom is -0.494 e. The number of benzene rings is 8. The highest BCUT2D eigenvalue weighted by molar-refractivity contribution is 5.95. The number of hydrogen-bond acceptors (Lipinski definition) is 34. The Hall–Kier alpha value is -15.2. The number of rotatable bonds is 42. The van der Waals surface area contributed by atoms with E-state index in [1.54, 1.807) is 24.3 Å². The van der Waals surface area contributed by atoms with Gasteiger partial charge in [-0.15, -0.1) is 0 Å². The summed E-state index contributed by atoms with van der Waals surface area (Å²) in [5.41, 5.74) is 6.45. The van der Waals surface area contributed by atoms with Crippen LogP contribution < -0.4 is 28.4 Å². The first-order valence-electron chi connectivity index (χ1n) is 46.3. The maximum absolute atomic E-state index is 13.1. The normalized spacial score (nSPS) is 19.9. The van der Waals surface area contributed by atoms with Gasteiger partial charge in [0.05, 0.1) is 102 Å². The molecular formula is C108H110O34. The van der Waals surface area contributed by atoms with Crippen molar-refractivity contribution in [3.63, 3.8) is 0 Å². The van der Waals surface area contributed by atoms with Gasteiger partial charge in [0, 0.05) is 36.5 Å². The Morgan fingerprint density at radius 2 is 0.500 bits per heavy atom. The van der Waals surface area contributed by atoms with Crippen LogP contribution >= 0.6 is 0 Å². The minimum absolute atomic E-state index is 0.0198. The number of aryl methyl sites for hydroxylation is 2. The fraction of sp³-hybridized carbons (Fsp3) is 0.333. The molecule has 34 nitrogen and oxygen atoms in total. The van der Waals surface area contributed by atoms with Gasteiger partial charge >= 0.3 is 72.0 Å². The first kappa shape index (κ1) is 106. The molecular weight excluding hydrogens is 1840 g/mol. The molecule has 8 aromatic rings. The third kappa shape index (κ3) is 33.5. The lowest BCUT2D eigenvalue weighted by Gasteiger charge is -2.17. The molecule has 0 amide bonds. The van der Waals surface area contributed by atoms with Crippen LogP contribution in [0.15, 0.2) is 244 Å². The summed E-state index contributed by atoms with van der Waals surface area (Å²) in [5, 5.41) is 0. The Balaban J connectivity index is 0.000000209. The molecule has 6 heterocycles.